The average molecular weight is 571 g/mol. The molecule has 0 aliphatic heterocycles. The topological polar surface area (TPSA) is 0 Å². The van der Waals surface area contributed by atoms with E-state index < -0.39 is 0 Å². The van der Waals surface area contributed by atoms with Crippen LogP contribution in [0.1, 0.15) is 0 Å². The molecule has 0 aliphatic carbocycles. The summed E-state index contributed by atoms with van der Waals surface area (Å²) in [5, 5.41) is 5.15. The fraction of sp³-hybridized carbons (Fsp3) is 0. The number of hydrogen-bond acceptors (Lipinski definition) is 2. The Morgan fingerprint density at radius 2 is 0.548 bits per heavy atom. The van der Waals surface area contributed by atoms with Crippen molar-refractivity contribution in [2.75, 3.05) is 0 Å². The predicted octanol–water partition coefficient (Wildman–Crippen LogP) is 12.5. The molecular formula is C40H26S2. The zero-order valence-corrected chi connectivity index (χ0v) is 24.5. The lowest BCUT2D eigenvalue weighted by Gasteiger charge is -2.17. The number of thiophene rings is 2. The van der Waals surface area contributed by atoms with Crippen molar-refractivity contribution >= 4 is 44.2 Å². The molecule has 6 aromatic carbocycles. The molecule has 42 heavy (non-hydrogen) atoms. The summed E-state index contributed by atoms with van der Waals surface area (Å²) in [4.78, 5) is 5.23. The lowest BCUT2D eigenvalue weighted by atomic mass is 9.86. The molecule has 198 valence electrons. The van der Waals surface area contributed by atoms with Crippen molar-refractivity contribution in [2.45, 2.75) is 0 Å². The van der Waals surface area contributed by atoms with E-state index >= 15 is 0 Å². The molecule has 8 rings (SSSR count). The highest BCUT2D eigenvalue weighted by atomic mass is 32.1. The molecule has 2 heteroatoms. The van der Waals surface area contributed by atoms with Gasteiger partial charge in [-0.25, -0.2) is 0 Å². The highest BCUT2D eigenvalue weighted by Gasteiger charge is 2.16. The molecule has 0 bridgehead atoms. The van der Waals surface area contributed by atoms with Gasteiger partial charge in [-0.2, -0.15) is 0 Å². The predicted molar refractivity (Wildman–Crippen MR) is 184 cm³/mol. The molecule has 0 radical (unpaired) electrons. The molecule has 0 nitrogen and oxygen atoms in total. The molecule has 2 heterocycles. The van der Waals surface area contributed by atoms with E-state index in [0.29, 0.717) is 0 Å². The van der Waals surface area contributed by atoms with Gasteiger partial charge in [-0.15, -0.1) is 22.7 Å². The van der Waals surface area contributed by atoms with E-state index in [-0.39, 0.29) is 0 Å². The summed E-state index contributed by atoms with van der Waals surface area (Å²) in [6.07, 6.45) is 0. The number of hydrogen-bond donors (Lipinski definition) is 0. The van der Waals surface area contributed by atoms with E-state index in [2.05, 4.69) is 158 Å². The maximum atomic E-state index is 2.30. The minimum Gasteiger partial charge on any atom is -0.134 e. The summed E-state index contributed by atoms with van der Waals surface area (Å²) in [5.74, 6) is 0. The Hall–Kier alpha value is -4.76. The number of benzene rings is 6. The Morgan fingerprint density at radius 1 is 0.238 bits per heavy atom. The first kappa shape index (κ1) is 25.0. The van der Waals surface area contributed by atoms with Gasteiger partial charge in [0.2, 0.25) is 0 Å². The second kappa shape index (κ2) is 10.6. The smallest absolute Gasteiger partial charge is 0.0449 e. The first-order valence-electron chi connectivity index (χ1n) is 14.2. The molecular weight excluding hydrogens is 545 g/mol. The van der Waals surface area contributed by atoms with E-state index in [1.807, 2.05) is 22.7 Å². The van der Waals surface area contributed by atoms with Gasteiger partial charge in [0.1, 0.15) is 0 Å². The van der Waals surface area contributed by atoms with Crippen molar-refractivity contribution < 1.29 is 0 Å². The van der Waals surface area contributed by atoms with Crippen LogP contribution >= 0.6 is 22.7 Å². The lowest BCUT2D eigenvalue weighted by Crippen LogP contribution is -1.90. The molecule has 0 spiro atoms. The minimum atomic E-state index is 1.24. The van der Waals surface area contributed by atoms with Crippen molar-refractivity contribution in [1.82, 2.24) is 0 Å². The van der Waals surface area contributed by atoms with Gasteiger partial charge >= 0.3 is 0 Å². The number of fused-ring (bicyclic) bond motifs is 2. The van der Waals surface area contributed by atoms with Gasteiger partial charge in [0.15, 0.2) is 0 Å². The van der Waals surface area contributed by atoms with Crippen molar-refractivity contribution in [3.05, 3.63) is 158 Å². The third-order valence-corrected chi connectivity index (χ3v) is 10.4. The Balaban J connectivity index is 1.19. The third-order valence-electron chi connectivity index (χ3n) is 7.97. The molecule has 0 saturated heterocycles. The zero-order valence-electron chi connectivity index (χ0n) is 22.8. The summed E-state index contributed by atoms with van der Waals surface area (Å²) < 4.78 is 0. The van der Waals surface area contributed by atoms with Crippen LogP contribution in [0.15, 0.2) is 158 Å². The number of rotatable bonds is 5. The van der Waals surface area contributed by atoms with Crippen LogP contribution in [0.4, 0.5) is 0 Å². The summed E-state index contributed by atoms with van der Waals surface area (Å²) in [5.41, 5.74) is 7.63. The van der Waals surface area contributed by atoms with Crippen LogP contribution < -0.4 is 0 Å². The van der Waals surface area contributed by atoms with E-state index in [1.54, 1.807) is 0 Å². The highest BCUT2D eigenvalue weighted by molar-refractivity contribution is 7.25. The van der Waals surface area contributed by atoms with Gasteiger partial charge in [-0.05, 0) is 79.2 Å². The summed E-state index contributed by atoms with van der Waals surface area (Å²) in [6.45, 7) is 0. The van der Waals surface area contributed by atoms with E-state index in [0.717, 1.165) is 0 Å². The quantitative estimate of drug-likeness (QED) is 0.181. The Morgan fingerprint density at radius 3 is 1.00 bits per heavy atom. The molecule has 0 aliphatic rings. The normalized spacial score (nSPS) is 11.3. The van der Waals surface area contributed by atoms with Crippen LogP contribution in [-0.4, -0.2) is 0 Å². The van der Waals surface area contributed by atoms with E-state index in [1.165, 1.54) is 74.4 Å². The molecule has 0 amide bonds. The van der Waals surface area contributed by atoms with E-state index in [9.17, 15) is 0 Å². The van der Waals surface area contributed by atoms with Crippen LogP contribution in [0, 0.1) is 0 Å². The Bertz CT molecular complexity index is 2110. The molecule has 0 atom stereocenters. The standard InChI is InChI=1S/C40H26S2/c1-3-11-27(12-4-1)35-23-25-37(41-35)38-26-24-36(42-38)28-19-21-30(22-20-28)40-33-17-9-7-15-31(33)39(29-13-5-2-6-14-29)32-16-8-10-18-34(32)40/h1-26H. The average Bonchev–Trinajstić information content (AvgIpc) is 3.76. The second-order valence-electron chi connectivity index (χ2n) is 10.5. The van der Waals surface area contributed by atoms with Crippen molar-refractivity contribution in [3.63, 3.8) is 0 Å². The van der Waals surface area contributed by atoms with Crippen molar-refractivity contribution in [3.8, 4) is 52.9 Å². The molecule has 0 fully saturated rings. The van der Waals surface area contributed by atoms with Crippen molar-refractivity contribution in [2.24, 2.45) is 0 Å². The van der Waals surface area contributed by atoms with Gasteiger partial charge < -0.3 is 0 Å². The fourth-order valence-corrected chi connectivity index (χ4v) is 8.12. The largest absolute Gasteiger partial charge is 0.134 e. The molecule has 8 aromatic rings. The first-order valence-corrected chi connectivity index (χ1v) is 15.8. The van der Waals surface area contributed by atoms with Crippen LogP contribution in [0.5, 0.6) is 0 Å². The van der Waals surface area contributed by atoms with Crippen LogP contribution in [-0.2, 0) is 0 Å². The first-order chi connectivity index (χ1) is 20.8. The monoisotopic (exact) mass is 570 g/mol. The summed E-state index contributed by atoms with van der Waals surface area (Å²) in [6, 6.07) is 57.3. The lowest BCUT2D eigenvalue weighted by molar-refractivity contribution is 1.65. The molecule has 2 aromatic heterocycles. The van der Waals surface area contributed by atoms with Crippen molar-refractivity contribution in [1.29, 1.82) is 0 Å². The molecule has 0 saturated carbocycles. The SMILES string of the molecule is c1ccc(-c2ccc(-c3ccc(-c4ccc(-c5c6ccccc6c(-c6ccccc6)c6ccccc56)cc4)s3)s2)cc1. The van der Waals surface area contributed by atoms with Crippen LogP contribution in [0.2, 0.25) is 0 Å². The molecule has 0 unspecified atom stereocenters. The van der Waals surface area contributed by atoms with Gasteiger partial charge in [0.05, 0.1) is 0 Å². The Labute approximate surface area is 253 Å². The van der Waals surface area contributed by atoms with Crippen LogP contribution in [0.3, 0.4) is 0 Å². The van der Waals surface area contributed by atoms with Gasteiger partial charge in [0.25, 0.3) is 0 Å². The second-order valence-corrected chi connectivity index (χ2v) is 12.6. The maximum Gasteiger partial charge on any atom is 0.0449 e. The van der Waals surface area contributed by atoms with E-state index in [4.69, 9.17) is 0 Å². The van der Waals surface area contributed by atoms with Gasteiger partial charge in [0, 0.05) is 19.5 Å². The maximum absolute atomic E-state index is 2.30. The van der Waals surface area contributed by atoms with Gasteiger partial charge in [-0.3, -0.25) is 0 Å². The Kier molecular flexibility index (Phi) is 6.29. The van der Waals surface area contributed by atoms with Crippen LogP contribution in [0.25, 0.3) is 74.4 Å². The summed E-state index contributed by atoms with van der Waals surface area (Å²) in [7, 11) is 0. The highest BCUT2D eigenvalue weighted by Crippen LogP contribution is 2.44. The van der Waals surface area contributed by atoms with Gasteiger partial charge in [-0.1, -0.05) is 133 Å². The fourth-order valence-electron chi connectivity index (χ4n) is 6.01. The third kappa shape index (κ3) is 4.37. The minimum absolute atomic E-state index is 1.24. The summed E-state index contributed by atoms with van der Waals surface area (Å²) >= 11 is 3.72. The molecule has 0 N–H and O–H groups in total. The zero-order chi connectivity index (χ0) is 27.9.